The number of hydrogen-bond donors (Lipinski definition) is 2. The van der Waals surface area contributed by atoms with Crippen LogP contribution in [-0.4, -0.2) is 24.0 Å². The van der Waals surface area contributed by atoms with E-state index < -0.39 is 0 Å². The van der Waals surface area contributed by atoms with Crippen molar-refractivity contribution in [2.75, 3.05) is 13.1 Å². The highest BCUT2D eigenvalue weighted by atomic mass is 32.1. The molecule has 0 atom stereocenters. The van der Waals surface area contributed by atoms with Gasteiger partial charge >= 0.3 is 0 Å². The first-order valence-corrected chi connectivity index (χ1v) is 8.92. The normalized spacial score (nSPS) is 23.1. The minimum Gasteiger partial charge on any atom is -0.357 e. The van der Waals surface area contributed by atoms with Crippen LogP contribution in [0.4, 0.5) is 0 Å². The third kappa shape index (κ3) is 5.65. The van der Waals surface area contributed by atoms with Gasteiger partial charge in [-0.05, 0) is 38.5 Å². The number of nitrogens with one attached hydrogen (secondary N) is 2. The number of aliphatic imine (C=N–C) groups is 1. The summed E-state index contributed by atoms with van der Waals surface area (Å²) in [7, 11) is 0. The quantitative estimate of drug-likeness (QED) is 0.648. The van der Waals surface area contributed by atoms with Crippen molar-refractivity contribution in [3.05, 3.63) is 16.1 Å². The molecule has 0 unspecified atom stereocenters. The molecule has 0 amide bonds. The number of rotatable bonds is 5. The van der Waals surface area contributed by atoms with E-state index in [-0.39, 0.29) is 0 Å². The van der Waals surface area contributed by atoms with Crippen molar-refractivity contribution in [2.24, 2.45) is 16.8 Å². The standard InChI is InChI=1S/C16H28N4S/c1-4-17-16(20-11-15-18-9-13(3)21-15)19-10-14-7-5-12(2)6-8-14/h9,12,14H,4-8,10-11H2,1-3H3,(H2,17,19,20). The molecule has 0 bridgehead atoms. The summed E-state index contributed by atoms with van der Waals surface area (Å²) in [4.78, 5) is 10.2. The molecular weight excluding hydrogens is 280 g/mol. The lowest BCUT2D eigenvalue weighted by molar-refractivity contribution is 0.289. The third-order valence-electron chi connectivity index (χ3n) is 4.08. The Morgan fingerprint density at radius 3 is 2.71 bits per heavy atom. The fourth-order valence-corrected chi connectivity index (χ4v) is 3.45. The lowest BCUT2D eigenvalue weighted by atomic mass is 9.83. The zero-order valence-corrected chi connectivity index (χ0v) is 14.3. The van der Waals surface area contributed by atoms with E-state index in [2.05, 4.69) is 41.4 Å². The zero-order chi connectivity index (χ0) is 15.1. The zero-order valence-electron chi connectivity index (χ0n) is 13.5. The lowest BCUT2D eigenvalue weighted by Crippen LogP contribution is -2.40. The number of aromatic nitrogens is 1. The first kappa shape index (κ1) is 16.3. The molecule has 0 aromatic carbocycles. The number of aryl methyl sites for hydroxylation is 1. The highest BCUT2D eigenvalue weighted by molar-refractivity contribution is 7.11. The van der Waals surface area contributed by atoms with Crippen LogP contribution in [0.3, 0.4) is 0 Å². The molecule has 5 heteroatoms. The predicted molar refractivity (Wildman–Crippen MR) is 90.8 cm³/mol. The lowest BCUT2D eigenvalue weighted by Gasteiger charge is -2.26. The van der Waals surface area contributed by atoms with Gasteiger partial charge in [-0.25, -0.2) is 9.98 Å². The molecule has 1 aliphatic carbocycles. The maximum Gasteiger partial charge on any atom is 0.191 e. The van der Waals surface area contributed by atoms with Crippen LogP contribution < -0.4 is 10.6 Å². The predicted octanol–water partition coefficient (Wildman–Crippen LogP) is 3.33. The molecule has 0 saturated heterocycles. The second kappa shape index (κ2) is 8.37. The van der Waals surface area contributed by atoms with E-state index in [1.807, 2.05) is 6.20 Å². The van der Waals surface area contributed by atoms with Crippen LogP contribution in [0.25, 0.3) is 0 Å². The molecule has 1 fully saturated rings. The fraction of sp³-hybridized carbons (Fsp3) is 0.750. The summed E-state index contributed by atoms with van der Waals surface area (Å²) in [6, 6.07) is 0. The molecule has 1 heterocycles. The van der Waals surface area contributed by atoms with E-state index in [1.165, 1.54) is 30.6 Å². The smallest absolute Gasteiger partial charge is 0.191 e. The minimum absolute atomic E-state index is 0.662. The molecule has 1 aromatic rings. The number of hydrogen-bond acceptors (Lipinski definition) is 3. The van der Waals surface area contributed by atoms with Crippen molar-refractivity contribution >= 4 is 17.3 Å². The minimum atomic E-state index is 0.662. The molecule has 1 aromatic heterocycles. The first-order valence-electron chi connectivity index (χ1n) is 8.10. The van der Waals surface area contributed by atoms with Gasteiger partial charge < -0.3 is 10.6 Å². The van der Waals surface area contributed by atoms with Gasteiger partial charge in [0, 0.05) is 24.2 Å². The molecule has 118 valence electrons. The highest BCUT2D eigenvalue weighted by Gasteiger charge is 2.18. The van der Waals surface area contributed by atoms with Gasteiger partial charge in [-0.2, -0.15) is 0 Å². The van der Waals surface area contributed by atoms with Gasteiger partial charge in [0.15, 0.2) is 5.96 Å². The van der Waals surface area contributed by atoms with Crippen LogP contribution >= 0.6 is 11.3 Å². The van der Waals surface area contributed by atoms with Crippen LogP contribution in [0, 0.1) is 18.8 Å². The average Bonchev–Trinajstić information content (AvgIpc) is 2.89. The third-order valence-corrected chi connectivity index (χ3v) is 4.98. The summed E-state index contributed by atoms with van der Waals surface area (Å²) < 4.78 is 0. The fourth-order valence-electron chi connectivity index (χ4n) is 2.74. The van der Waals surface area contributed by atoms with Crippen molar-refractivity contribution in [2.45, 2.75) is 53.0 Å². The van der Waals surface area contributed by atoms with Crippen molar-refractivity contribution in [1.82, 2.24) is 15.6 Å². The summed E-state index contributed by atoms with van der Waals surface area (Å²) in [5.41, 5.74) is 0. The summed E-state index contributed by atoms with van der Waals surface area (Å²) in [6.45, 7) is 9.14. The van der Waals surface area contributed by atoms with E-state index in [0.29, 0.717) is 6.54 Å². The van der Waals surface area contributed by atoms with Crippen molar-refractivity contribution < 1.29 is 0 Å². The van der Waals surface area contributed by atoms with Crippen molar-refractivity contribution in [3.8, 4) is 0 Å². The van der Waals surface area contributed by atoms with Crippen LogP contribution in [-0.2, 0) is 6.54 Å². The Morgan fingerprint density at radius 1 is 1.33 bits per heavy atom. The van der Waals surface area contributed by atoms with Gasteiger partial charge in [0.05, 0.1) is 6.54 Å². The Morgan fingerprint density at radius 2 is 2.10 bits per heavy atom. The van der Waals surface area contributed by atoms with Gasteiger partial charge in [-0.1, -0.05) is 19.8 Å². The molecule has 0 aliphatic heterocycles. The molecule has 1 aliphatic rings. The van der Waals surface area contributed by atoms with Gasteiger partial charge in [0.25, 0.3) is 0 Å². The molecular formula is C16H28N4S. The number of nitrogens with zero attached hydrogens (tertiary/aromatic N) is 2. The van der Waals surface area contributed by atoms with Crippen LogP contribution in [0.15, 0.2) is 11.2 Å². The molecule has 0 spiro atoms. The maximum absolute atomic E-state index is 4.64. The van der Waals surface area contributed by atoms with Crippen molar-refractivity contribution in [1.29, 1.82) is 0 Å². The molecule has 0 radical (unpaired) electrons. The Bertz CT molecular complexity index is 447. The number of guanidine groups is 1. The second-order valence-electron chi connectivity index (χ2n) is 6.07. The van der Waals surface area contributed by atoms with E-state index in [0.717, 1.165) is 35.9 Å². The molecule has 4 nitrogen and oxygen atoms in total. The van der Waals surface area contributed by atoms with Gasteiger partial charge in [-0.3, -0.25) is 0 Å². The monoisotopic (exact) mass is 308 g/mol. The topological polar surface area (TPSA) is 49.3 Å². The second-order valence-corrected chi connectivity index (χ2v) is 7.39. The summed E-state index contributed by atoms with van der Waals surface area (Å²) in [5, 5.41) is 7.90. The number of thiazole rings is 1. The maximum atomic E-state index is 4.64. The largest absolute Gasteiger partial charge is 0.357 e. The summed E-state index contributed by atoms with van der Waals surface area (Å²) in [5.74, 6) is 2.63. The SMILES string of the molecule is CCNC(=NCc1ncc(C)s1)NCC1CCC(C)CC1. The van der Waals surface area contributed by atoms with Crippen molar-refractivity contribution in [3.63, 3.8) is 0 Å². The van der Waals surface area contributed by atoms with E-state index in [1.54, 1.807) is 11.3 Å². The molecule has 2 rings (SSSR count). The summed E-state index contributed by atoms with van der Waals surface area (Å²) >= 11 is 1.72. The Kier molecular flexibility index (Phi) is 6.49. The van der Waals surface area contributed by atoms with E-state index >= 15 is 0 Å². The Hall–Kier alpha value is -1.10. The van der Waals surface area contributed by atoms with Gasteiger partial charge in [0.2, 0.25) is 0 Å². The average molecular weight is 308 g/mol. The molecule has 21 heavy (non-hydrogen) atoms. The first-order chi connectivity index (χ1) is 10.2. The van der Waals surface area contributed by atoms with Gasteiger partial charge in [-0.15, -0.1) is 11.3 Å². The van der Waals surface area contributed by atoms with Crippen LogP contribution in [0.5, 0.6) is 0 Å². The van der Waals surface area contributed by atoms with E-state index in [4.69, 9.17) is 0 Å². The Balaban J connectivity index is 1.80. The van der Waals surface area contributed by atoms with Crippen LogP contribution in [0.2, 0.25) is 0 Å². The highest BCUT2D eigenvalue weighted by Crippen LogP contribution is 2.27. The van der Waals surface area contributed by atoms with E-state index in [9.17, 15) is 0 Å². The summed E-state index contributed by atoms with van der Waals surface area (Å²) in [6.07, 6.45) is 7.36. The van der Waals surface area contributed by atoms with Gasteiger partial charge in [0.1, 0.15) is 5.01 Å². The molecule has 2 N–H and O–H groups in total. The molecule has 1 saturated carbocycles. The van der Waals surface area contributed by atoms with Crippen LogP contribution in [0.1, 0.15) is 49.4 Å². The Labute approximate surface area is 132 Å².